The number of nitrogens with zero attached hydrogens (tertiary/aromatic N) is 1. The zero-order valence-corrected chi connectivity index (χ0v) is 12.4. The molecule has 1 aromatic carbocycles. The van der Waals surface area contributed by atoms with Crippen molar-refractivity contribution < 1.29 is 17.9 Å². The van der Waals surface area contributed by atoms with Crippen LogP contribution in [0.5, 0.6) is 5.75 Å². The first-order valence-corrected chi connectivity index (χ1v) is 8.28. The van der Waals surface area contributed by atoms with Gasteiger partial charge in [-0.05, 0) is 31.5 Å². The van der Waals surface area contributed by atoms with E-state index in [1.807, 2.05) is 6.07 Å². The van der Waals surface area contributed by atoms with Gasteiger partial charge in [0.1, 0.15) is 5.75 Å². The molecule has 1 heterocycles. The molecule has 6 nitrogen and oxygen atoms in total. The third-order valence-corrected chi connectivity index (χ3v) is 5.18. The minimum Gasteiger partial charge on any atom is -0.484 e. The maximum absolute atomic E-state index is 11.8. The third-order valence-electron chi connectivity index (χ3n) is 3.28. The molecule has 7 heteroatoms. The van der Waals surface area contributed by atoms with Crippen molar-refractivity contribution in [3.05, 3.63) is 29.8 Å². The number of carbonyl (C=O) groups is 1. The standard InChI is InChI=1S/C14H16N2O4S/c1-14(5-6-21(18,19)10-14)16-13(17)9-20-12-4-2-3-11(7-12)8-15/h2-4,7H,5-6,9-10H2,1H3,(H,16,17)/t14-/m0/s1. The average Bonchev–Trinajstić information content (AvgIpc) is 2.70. The summed E-state index contributed by atoms with van der Waals surface area (Å²) in [4.78, 5) is 11.8. The van der Waals surface area contributed by atoms with E-state index in [2.05, 4.69) is 5.32 Å². The zero-order chi connectivity index (χ0) is 15.5. The first-order valence-electron chi connectivity index (χ1n) is 6.46. The summed E-state index contributed by atoms with van der Waals surface area (Å²) < 4.78 is 28.2. The molecule has 0 aromatic heterocycles. The zero-order valence-electron chi connectivity index (χ0n) is 11.6. The van der Waals surface area contributed by atoms with Crippen molar-refractivity contribution >= 4 is 15.7 Å². The predicted molar refractivity (Wildman–Crippen MR) is 76.5 cm³/mol. The minimum atomic E-state index is -3.07. The van der Waals surface area contributed by atoms with Crippen LogP contribution in [0.25, 0.3) is 0 Å². The van der Waals surface area contributed by atoms with Gasteiger partial charge in [-0.2, -0.15) is 5.26 Å². The first-order chi connectivity index (χ1) is 9.82. The summed E-state index contributed by atoms with van der Waals surface area (Å²) in [6.07, 6.45) is 0.408. The lowest BCUT2D eigenvalue weighted by Crippen LogP contribution is -2.48. The Labute approximate surface area is 123 Å². The van der Waals surface area contributed by atoms with Crippen LogP contribution in [0.2, 0.25) is 0 Å². The highest BCUT2D eigenvalue weighted by Gasteiger charge is 2.39. The summed E-state index contributed by atoms with van der Waals surface area (Å²) in [5.41, 5.74) is -0.282. The maximum atomic E-state index is 11.8. The smallest absolute Gasteiger partial charge is 0.258 e. The first kappa shape index (κ1) is 15.3. The van der Waals surface area contributed by atoms with Crippen LogP contribution in [0.3, 0.4) is 0 Å². The van der Waals surface area contributed by atoms with E-state index in [0.717, 1.165) is 0 Å². The van der Waals surface area contributed by atoms with Crippen molar-refractivity contribution in [3.8, 4) is 11.8 Å². The van der Waals surface area contributed by atoms with Crippen LogP contribution in [-0.2, 0) is 14.6 Å². The predicted octanol–water partition coefficient (Wildman–Crippen LogP) is 0.630. The lowest BCUT2D eigenvalue weighted by molar-refractivity contribution is -0.124. The molecular formula is C14H16N2O4S. The average molecular weight is 308 g/mol. The molecular weight excluding hydrogens is 292 g/mol. The third kappa shape index (κ3) is 4.20. The summed E-state index contributed by atoms with van der Waals surface area (Å²) in [6, 6.07) is 8.47. The molecule has 2 rings (SSSR count). The van der Waals surface area contributed by atoms with Crippen LogP contribution >= 0.6 is 0 Å². The fourth-order valence-corrected chi connectivity index (χ4v) is 4.38. The van der Waals surface area contributed by atoms with Gasteiger partial charge in [-0.3, -0.25) is 4.79 Å². The van der Waals surface area contributed by atoms with Crippen LogP contribution in [-0.4, -0.2) is 38.0 Å². The normalized spacial score (nSPS) is 23.2. The van der Waals surface area contributed by atoms with E-state index in [4.69, 9.17) is 10.00 Å². The van der Waals surface area contributed by atoms with Crippen molar-refractivity contribution in [2.45, 2.75) is 18.9 Å². The van der Waals surface area contributed by atoms with Gasteiger partial charge in [0.2, 0.25) is 0 Å². The second-order valence-electron chi connectivity index (χ2n) is 5.38. The van der Waals surface area contributed by atoms with E-state index in [9.17, 15) is 13.2 Å². The van der Waals surface area contributed by atoms with Crippen molar-refractivity contribution in [2.75, 3.05) is 18.1 Å². The number of hydrogen-bond donors (Lipinski definition) is 1. The van der Waals surface area contributed by atoms with E-state index >= 15 is 0 Å². The Kier molecular flexibility index (Phi) is 4.19. The van der Waals surface area contributed by atoms with Crippen molar-refractivity contribution in [3.63, 3.8) is 0 Å². The van der Waals surface area contributed by atoms with E-state index in [0.29, 0.717) is 17.7 Å². The summed E-state index contributed by atoms with van der Waals surface area (Å²) >= 11 is 0. The fourth-order valence-electron chi connectivity index (χ4n) is 2.29. The molecule has 1 atom stereocenters. The molecule has 21 heavy (non-hydrogen) atoms. The fraction of sp³-hybridized carbons (Fsp3) is 0.429. The van der Waals surface area contributed by atoms with Gasteiger partial charge < -0.3 is 10.1 Å². The second kappa shape index (κ2) is 5.74. The lowest BCUT2D eigenvalue weighted by Gasteiger charge is -2.23. The largest absolute Gasteiger partial charge is 0.484 e. The summed E-state index contributed by atoms with van der Waals surface area (Å²) in [7, 11) is -3.07. The van der Waals surface area contributed by atoms with E-state index in [1.165, 1.54) is 6.07 Å². The molecule has 1 aliphatic rings. The van der Waals surface area contributed by atoms with E-state index in [-0.39, 0.29) is 24.0 Å². The van der Waals surface area contributed by atoms with Crippen molar-refractivity contribution in [1.29, 1.82) is 5.26 Å². The molecule has 1 saturated heterocycles. The molecule has 0 bridgehead atoms. The number of sulfone groups is 1. The Bertz CT molecular complexity index is 693. The highest BCUT2D eigenvalue weighted by Crippen LogP contribution is 2.22. The van der Waals surface area contributed by atoms with Gasteiger partial charge in [0.25, 0.3) is 5.91 Å². The Morgan fingerprint density at radius 1 is 1.52 bits per heavy atom. The highest BCUT2D eigenvalue weighted by atomic mass is 32.2. The maximum Gasteiger partial charge on any atom is 0.258 e. The van der Waals surface area contributed by atoms with Crippen LogP contribution in [0.1, 0.15) is 18.9 Å². The Hall–Kier alpha value is -2.07. The van der Waals surface area contributed by atoms with Gasteiger partial charge in [-0.15, -0.1) is 0 Å². The number of rotatable bonds is 4. The van der Waals surface area contributed by atoms with Gasteiger partial charge in [-0.25, -0.2) is 8.42 Å². The Balaban J connectivity index is 1.89. The molecule has 1 fully saturated rings. The lowest BCUT2D eigenvalue weighted by atomic mass is 10.0. The molecule has 1 aromatic rings. The minimum absolute atomic E-state index is 0.0460. The number of amides is 1. The van der Waals surface area contributed by atoms with Crippen LogP contribution in [0, 0.1) is 11.3 Å². The van der Waals surface area contributed by atoms with E-state index < -0.39 is 15.4 Å². The number of hydrogen-bond acceptors (Lipinski definition) is 5. The number of ether oxygens (including phenoxy) is 1. The molecule has 0 aliphatic carbocycles. The molecule has 1 amide bonds. The number of nitrogens with one attached hydrogen (secondary N) is 1. The summed E-state index contributed by atoms with van der Waals surface area (Å²) in [5.74, 6) is 0.0928. The molecule has 0 saturated carbocycles. The van der Waals surface area contributed by atoms with Gasteiger partial charge in [0.15, 0.2) is 16.4 Å². The van der Waals surface area contributed by atoms with Gasteiger partial charge >= 0.3 is 0 Å². The van der Waals surface area contributed by atoms with Crippen molar-refractivity contribution in [1.82, 2.24) is 5.32 Å². The van der Waals surface area contributed by atoms with Crippen LogP contribution in [0.4, 0.5) is 0 Å². The summed E-state index contributed by atoms with van der Waals surface area (Å²) in [6.45, 7) is 1.50. The molecule has 0 unspecified atom stereocenters. The highest BCUT2D eigenvalue weighted by molar-refractivity contribution is 7.91. The SMILES string of the molecule is C[C@]1(NC(=O)COc2cccc(C#N)c2)CCS(=O)(=O)C1. The monoisotopic (exact) mass is 308 g/mol. The van der Waals surface area contributed by atoms with Gasteiger partial charge in [0, 0.05) is 0 Å². The topological polar surface area (TPSA) is 96.3 Å². The molecule has 0 radical (unpaired) electrons. The Morgan fingerprint density at radius 3 is 2.90 bits per heavy atom. The molecule has 0 spiro atoms. The number of benzene rings is 1. The van der Waals surface area contributed by atoms with Gasteiger partial charge in [0.05, 0.1) is 28.7 Å². The number of carbonyl (C=O) groups excluding carboxylic acids is 1. The Morgan fingerprint density at radius 2 is 2.29 bits per heavy atom. The quantitative estimate of drug-likeness (QED) is 0.880. The number of nitriles is 1. The summed E-state index contributed by atoms with van der Waals surface area (Å²) in [5, 5.41) is 11.5. The molecule has 112 valence electrons. The van der Waals surface area contributed by atoms with Crippen molar-refractivity contribution in [2.24, 2.45) is 0 Å². The van der Waals surface area contributed by atoms with Crippen LogP contribution < -0.4 is 10.1 Å². The van der Waals surface area contributed by atoms with Gasteiger partial charge in [-0.1, -0.05) is 6.07 Å². The molecule has 1 N–H and O–H groups in total. The van der Waals surface area contributed by atoms with E-state index in [1.54, 1.807) is 25.1 Å². The van der Waals surface area contributed by atoms with Crippen LogP contribution in [0.15, 0.2) is 24.3 Å². The second-order valence-corrected chi connectivity index (χ2v) is 7.56. The molecule has 1 aliphatic heterocycles.